The minimum atomic E-state index is -0.897. The third-order valence-corrected chi connectivity index (χ3v) is 3.99. The Bertz CT molecular complexity index is 959. The predicted octanol–water partition coefficient (Wildman–Crippen LogP) is 1.37. The number of nitrogens with zero attached hydrogens (tertiary/aromatic N) is 6. The Balaban J connectivity index is 1.93. The SMILES string of the molecule is C/C(N)=C/C(N)=N\c1nc(OC(C)c2ncc(F)cc2F)nc(N2CCOCC2)n1. The van der Waals surface area contributed by atoms with Gasteiger partial charge in [-0.2, -0.15) is 19.9 Å². The lowest BCUT2D eigenvalue weighted by Crippen LogP contribution is -2.37. The Labute approximate surface area is 171 Å². The van der Waals surface area contributed by atoms with E-state index in [-0.39, 0.29) is 23.5 Å². The van der Waals surface area contributed by atoms with Crippen LogP contribution < -0.4 is 21.1 Å². The van der Waals surface area contributed by atoms with Gasteiger partial charge in [0.15, 0.2) is 5.82 Å². The van der Waals surface area contributed by atoms with Gasteiger partial charge in [-0.05, 0) is 19.9 Å². The molecule has 0 aliphatic carbocycles. The van der Waals surface area contributed by atoms with Crippen molar-refractivity contribution in [1.82, 2.24) is 19.9 Å². The number of anilines is 1. The zero-order valence-corrected chi connectivity index (χ0v) is 16.5. The molecule has 2 aromatic rings. The Morgan fingerprint density at radius 2 is 2.00 bits per heavy atom. The summed E-state index contributed by atoms with van der Waals surface area (Å²) in [5, 5.41) is 0. The van der Waals surface area contributed by atoms with E-state index in [1.165, 1.54) is 6.08 Å². The molecular weight excluding hydrogens is 398 g/mol. The van der Waals surface area contributed by atoms with E-state index < -0.39 is 17.7 Å². The van der Waals surface area contributed by atoms with Gasteiger partial charge in [-0.15, -0.1) is 0 Å². The first kappa shape index (κ1) is 21.3. The quantitative estimate of drug-likeness (QED) is 0.524. The molecule has 1 fully saturated rings. The third kappa shape index (κ3) is 5.56. The fraction of sp³-hybridized carbons (Fsp3) is 0.389. The second-order valence-corrected chi connectivity index (χ2v) is 6.52. The number of aliphatic imine (C=N–C) groups is 1. The summed E-state index contributed by atoms with van der Waals surface area (Å²) in [6.45, 7) is 5.35. The van der Waals surface area contributed by atoms with Crippen molar-refractivity contribution in [3.05, 3.63) is 41.4 Å². The van der Waals surface area contributed by atoms with Crippen molar-refractivity contribution in [2.45, 2.75) is 20.0 Å². The maximum absolute atomic E-state index is 14.0. The van der Waals surface area contributed by atoms with Gasteiger partial charge in [-0.3, -0.25) is 4.98 Å². The van der Waals surface area contributed by atoms with Gasteiger partial charge in [-0.1, -0.05) is 0 Å². The molecule has 30 heavy (non-hydrogen) atoms. The number of allylic oxidation sites excluding steroid dienone is 1. The number of hydrogen-bond acceptors (Lipinski definition) is 9. The van der Waals surface area contributed by atoms with Crippen LogP contribution in [0.25, 0.3) is 0 Å². The van der Waals surface area contributed by atoms with Gasteiger partial charge in [0.2, 0.25) is 5.95 Å². The molecule has 4 N–H and O–H groups in total. The Morgan fingerprint density at radius 1 is 1.27 bits per heavy atom. The van der Waals surface area contributed by atoms with Crippen LogP contribution in [-0.4, -0.2) is 52.1 Å². The number of amidine groups is 1. The molecule has 1 atom stereocenters. The molecule has 0 spiro atoms. The Morgan fingerprint density at radius 3 is 2.67 bits per heavy atom. The molecule has 1 unspecified atom stereocenters. The number of pyridine rings is 1. The molecule has 1 aliphatic heterocycles. The summed E-state index contributed by atoms with van der Waals surface area (Å²) >= 11 is 0. The fourth-order valence-electron chi connectivity index (χ4n) is 2.66. The normalized spacial score (nSPS) is 16.5. The lowest BCUT2D eigenvalue weighted by molar-refractivity contribution is 0.121. The van der Waals surface area contributed by atoms with Crippen molar-refractivity contribution in [1.29, 1.82) is 0 Å². The maximum atomic E-state index is 14.0. The minimum Gasteiger partial charge on any atom is -0.454 e. The summed E-state index contributed by atoms with van der Waals surface area (Å²) in [6.07, 6.45) is 1.47. The van der Waals surface area contributed by atoms with Crippen molar-refractivity contribution < 1.29 is 18.3 Å². The van der Waals surface area contributed by atoms with E-state index in [1.807, 2.05) is 4.90 Å². The number of hydrogen-bond donors (Lipinski definition) is 2. The van der Waals surface area contributed by atoms with Gasteiger partial charge in [-0.25, -0.2) is 8.78 Å². The van der Waals surface area contributed by atoms with Crippen LogP contribution >= 0.6 is 0 Å². The molecule has 0 radical (unpaired) electrons. The first-order chi connectivity index (χ1) is 14.3. The van der Waals surface area contributed by atoms with Crippen molar-refractivity contribution in [3.8, 4) is 6.01 Å². The van der Waals surface area contributed by atoms with Gasteiger partial charge in [0.1, 0.15) is 23.5 Å². The van der Waals surface area contributed by atoms with Gasteiger partial charge in [0, 0.05) is 24.9 Å². The molecule has 0 amide bonds. The zero-order valence-electron chi connectivity index (χ0n) is 16.5. The molecule has 0 saturated carbocycles. The average molecular weight is 420 g/mol. The van der Waals surface area contributed by atoms with E-state index in [2.05, 4.69) is 24.9 Å². The van der Waals surface area contributed by atoms with Crippen LogP contribution in [0.2, 0.25) is 0 Å². The zero-order chi connectivity index (χ0) is 21.7. The summed E-state index contributed by atoms with van der Waals surface area (Å²) in [7, 11) is 0. The van der Waals surface area contributed by atoms with E-state index >= 15 is 0 Å². The highest BCUT2D eigenvalue weighted by atomic mass is 19.1. The van der Waals surface area contributed by atoms with Crippen LogP contribution in [0.4, 0.5) is 20.7 Å². The van der Waals surface area contributed by atoms with Crippen molar-refractivity contribution >= 4 is 17.7 Å². The standard InChI is InChI=1S/C18H22F2N8O2/c1-10(21)7-14(22)24-16-25-17(28-3-5-29-6-4-28)27-18(26-16)30-11(2)15-13(20)8-12(19)9-23-15/h7-9,11H,3-6,21H2,1-2H3,(H2,22,24,25,26,27)/b10-7-. The molecule has 0 aromatic carbocycles. The first-order valence-corrected chi connectivity index (χ1v) is 9.16. The molecule has 2 aromatic heterocycles. The second-order valence-electron chi connectivity index (χ2n) is 6.52. The Hall–Kier alpha value is -3.41. The summed E-state index contributed by atoms with van der Waals surface area (Å²) in [5.41, 5.74) is 11.8. The monoisotopic (exact) mass is 420 g/mol. The van der Waals surface area contributed by atoms with Crippen LogP contribution in [0.15, 0.2) is 29.0 Å². The van der Waals surface area contributed by atoms with E-state index in [0.29, 0.717) is 37.9 Å². The Kier molecular flexibility index (Phi) is 6.67. The third-order valence-electron chi connectivity index (χ3n) is 3.99. The van der Waals surface area contributed by atoms with Gasteiger partial charge in [0.05, 0.1) is 19.4 Å². The molecule has 10 nitrogen and oxygen atoms in total. The molecule has 3 heterocycles. The number of rotatable bonds is 6. The largest absolute Gasteiger partial charge is 0.454 e. The van der Waals surface area contributed by atoms with E-state index in [0.717, 1.165) is 12.3 Å². The fourth-order valence-corrected chi connectivity index (χ4v) is 2.66. The lowest BCUT2D eigenvalue weighted by atomic mass is 10.2. The molecule has 0 bridgehead atoms. The molecular formula is C18H22F2N8O2. The van der Waals surface area contributed by atoms with Crippen LogP contribution in [0.5, 0.6) is 6.01 Å². The smallest absolute Gasteiger partial charge is 0.323 e. The van der Waals surface area contributed by atoms with E-state index in [1.54, 1.807) is 13.8 Å². The molecule has 12 heteroatoms. The second kappa shape index (κ2) is 9.39. The van der Waals surface area contributed by atoms with Crippen molar-refractivity contribution in [3.63, 3.8) is 0 Å². The van der Waals surface area contributed by atoms with Crippen LogP contribution in [0.1, 0.15) is 25.6 Å². The summed E-state index contributed by atoms with van der Waals surface area (Å²) in [5.74, 6) is -1.22. The highest BCUT2D eigenvalue weighted by Crippen LogP contribution is 2.23. The predicted molar refractivity (Wildman–Crippen MR) is 105 cm³/mol. The highest BCUT2D eigenvalue weighted by Gasteiger charge is 2.20. The average Bonchev–Trinajstić information content (AvgIpc) is 2.67. The van der Waals surface area contributed by atoms with Gasteiger partial charge < -0.3 is 25.8 Å². The molecule has 1 saturated heterocycles. The van der Waals surface area contributed by atoms with E-state index in [4.69, 9.17) is 20.9 Å². The van der Waals surface area contributed by atoms with Crippen LogP contribution in [0.3, 0.4) is 0 Å². The van der Waals surface area contributed by atoms with Crippen LogP contribution in [-0.2, 0) is 4.74 Å². The molecule has 160 valence electrons. The number of halogens is 2. The minimum absolute atomic E-state index is 0.00349. The van der Waals surface area contributed by atoms with Gasteiger partial charge in [0.25, 0.3) is 5.95 Å². The number of morpholine rings is 1. The molecule has 1 aliphatic rings. The maximum Gasteiger partial charge on any atom is 0.323 e. The van der Waals surface area contributed by atoms with Crippen LogP contribution in [0, 0.1) is 11.6 Å². The highest BCUT2D eigenvalue weighted by molar-refractivity contribution is 5.93. The number of aromatic nitrogens is 4. The summed E-state index contributed by atoms with van der Waals surface area (Å²) in [4.78, 5) is 22.5. The van der Waals surface area contributed by atoms with Crippen molar-refractivity contribution in [2.24, 2.45) is 16.5 Å². The molecule has 3 rings (SSSR count). The summed E-state index contributed by atoms with van der Waals surface area (Å²) < 4.78 is 38.2. The number of ether oxygens (including phenoxy) is 2. The topological polar surface area (TPSA) is 138 Å². The first-order valence-electron chi connectivity index (χ1n) is 9.16. The van der Waals surface area contributed by atoms with Crippen molar-refractivity contribution in [2.75, 3.05) is 31.2 Å². The number of nitrogens with two attached hydrogens (primary N) is 2. The van der Waals surface area contributed by atoms with E-state index in [9.17, 15) is 8.78 Å². The summed E-state index contributed by atoms with van der Waals surface area (Å²) in [6, 6.07) is 0.622. The lowest BCUT2D eigenvalue weighted by Gasteiger charge is -2.26. The van der Waals surface area contributed by atoms with Gasteiger partial charge >= 0.3 is 6.01 Å².